The third-order valence-corrected chi connectivity index (χ3v) is 2.87. The molecule has 3 nitrogen and oxygen atoms in total. The standard InChI is InChI=1S/C11H12ClF2N3/c1-17-3-2-15-11(17)16-6-7-4-10(14)8(12)5-9(7)13/h4-5H,2-3,6H2,1H3,(H,15,16). The van der Waals surface area contributed by atoms with Crippen molar-refractivity contribution in [2.45, 2.75) is 6.54 Å². The molecule has 1 N–H and O–H groups in total. The van der Waals surface area contributed by atoms with Crippen LogP contribution in [0.4, 0.5) is 8.78 Å². The lowest BCUT2D eigenvalue weighted by Gasteiger charge is -2.15. The van der Waals surface area contributed by atoms with Crippen LogP contribution in [0.3, 0.4) is 0 Å². The van der Waals surface area contributed by atoms with Gasteiger partial charge in [0.1, 0.15) is 11.6 Å². The van der Waals surface area contributed by atoms with E-state index in [4.69, 9.17) is 11.6 Å². The molecule has 1 aliphatic heterocycles. The van der Waals surface area contributed by atoms with Crippen LogP contribution in [0.25, 0.3) is 0 Å². The van der Waals surface area contributed by atoms with Crippen LogP contribution in [0.1, 0.15) is 5.56 Å². The average molecular weight is 260 g/mol. The number of likely N-dealkylation sites (N-methyl/N-ethyl adjacent to an activating group) is 1. The fourth-order valence-electron chi connectivity index (χ4n) is 1.60. The topological polar surface area (TPSA) is 27.6 Å². The summed E-state index contributed by atoms with van der Waals surface area (Å²) in [5.74, 6) is -0.448. The van der Waals surface area contributed by atoms with Gasteiger partial charge in [-0.3, -0.25) is 4.99 Å². The second-order valence-corrected chi connectivity index (χ2v) is 4.25. The highest BCUT2D eigenvalue weighted by Gasteiger charge is 2.13. The van der Waals surface area contributed by atoms with Gasteiger partial charge in [0.25, 0.3) is 0 Å². The summed E-state index contributed by atoms with van der Waals surface area (Å²) in [5, 5.41) is 2.75. The lowest BCUT2D eigenvalue weighted by Crippen LogP contribution is -2.35. The first kappa shape index (κ1) is 12.1. The molecule has 0 atom stereocenters. The summed E-state index contributed by atoms with van der Waals surface area (Å²) >= 11 is 5.47. The summed E-state index contributed by atoms with van der Waals surface area (Å²) in [4.78, 5) is 6.11. The van der Waals surface area contributed by atoms with E-state index in [1.807, 2.05) is 11.9 Å². The van der Waals surface area contributed by atoms with Crippen LogP contribution in [-0.2, 0) is 6.54 Å². The summed E-state index contributed by atoms with van der Waals surface area (Å²) in [5.41, 5.74) is 0.231. The first-order chi connectivity index (χ1) is 8.08. The maximum Gasteiger partial charge on any atom is 0.194 e. The predicted molar refractivity (Wildman–Crippen MR) is 63.1 cm³/mol. The monoisotopic (exact) mass is 259 g/mol. The third kappa shape index (κ3) is 2.66. The Morgan fingerprint density at radius 2 is 2.18 bits per heavy atom. The Morgan fingerprint density at radius 3 is 2.82 bits per heavy atom. The molecule has 0 radical (unpaired) electrons. The highest BCUT2D eigenvalue weighted by atomic mass is 35.5. The fourth-order valence-corrected chi connectivity index (χ4v) is 1.75. The Balaban J connectivity index is 2.06. The normalized spacial score (nSPS) is 15.1. The zero-order chi connectivity index (χ0) is 12.4. The molecule has 1 heterocycles. The van der Waals surface area contributed by atoms with Gasteiger partial charge in [0, 0.05) is 25.7 Å². The van der Waals surface area contributed by atoms with Gasteiger partial charge in [-0.05, 0) is 12.1 Å². The van der Waals surface area contributed by atoms with Crippen LogP contribution < -0.4 is 5.32 Å². The van der Waals surface area contributed by atoms with Crippen LogP contribution in [0, 0.1) is 11.6 Å². The Bertz CT molecular complexity index is 462. The molecular formula is C11H12ClF2N3. The van der Waals surface area contributed by atoms with E-state index in [1.165, 1.54) is 0 Å². The average Bonchev–Trinajstić information content (AvgIpc) is 2.68. The molecule has 0 unspecified atom stereocenters. The first-order valence-electron chi connectivity index (χ1n) is 5.21. The molecule has 0 aliphatic carbocycles. The van der Waals surface area contributed by atoms with Gasteiger partial charge in [0.15, 0.2) is 5.96 Å². The quantitative estimate of drug-likeness (QED) is 0.823. The Kier molecular flexibility index (Phi) is 3.47. The molecule has 0 amide bonds. The second-order valence-electron chi connectivity index (χ2n) is 3.84. The summed E-state index contributed by atoms with van der Waals surface area (Å²) in [6, 6.07) is 2.08. The number of nitrogens with one attached hydrogen (secondary N) is 1. The van der Waals surface area contributed by atoms with Crippen molar-refractivity contribution in [3.05, 3.63) is 34.4 Å². The van der Waals surface area contributed by atoms with Gasteiger partial charge in [-0.2, -0.15) is 0 Å². The van der Waals surface area contributed by atoms with E-state index >= 15 is 0 Å². The molecule has 0 fully saturated rings. The summed E-state index contributed by atoms with van der Waals surface area (Å²) in [6.07, 6.45) is 0. The third-order valence-electron chi connectivity index (χ3n) is 2.58. The highest BCUT2D eigenvalue weighted by Crippen LogP contribution is 2.19. The lowest BCUT2D eigenvalue weighted by atomic mass is 10.2. The molecule has 0 spiro atoms. The number of guanidine groups is 1. The van der Waals surface area contributed by atoms with Crippen molar-refractivity contribution in [1.29, 1.82) is 0 Å². The molecule has 0 aromatic heterocycles. The number of halogens is 3. The fraction of sp³-hybridized carbons (Fsp3) is 0.364. The molecule has 0 saturated carbocycles. The number of nitrogens with zero attached hydrogens (tertiary/aromatic N) is 2. The Labute approximate surface area is 103 Å². The van der Waals surface area contributed by atoms with Crippen molar-refractivity contribution in [3.8, 4) is 0 Å². The number of rotatable bonds is 2. The molecule has 1 aliphatic rings. The van der Waals surface area contributed by atoms with Gasteiger partial charge < -0.3 is 10.2 Å². The van der Waals surface area contributed by atoms with Gasteiger partial charge in [0.05, 0.1) is 11.6 Å². The second kappa shape index (κ2) is 4.87. The van der Waals surface area contributed by atoms with E-state index in [0.717, 1.165) is 25.2 Å². The van der Waals surface area contributed by atoms with Gasteiger partial charge in [-0.25, -0.2) is 8.78 Å². The molecule has 92 valence electrons. The number of benzene rings is 1. The molecule has 0 bridgehead atoms. The highest BCUT2D eigenvalue weighted by molar-refractivity contribution is 6.30. The van der Waals surface area contributed by atoms with Crippen molar-refractivity contribution in [2.24, 2.45) is 4.99 Å². The van der Waals surface area contributed by atoms with Crippen molar-refractivity contribution < 1.29 is 8.78 Å². The molecular weight excluding hydrogens is 248 g/mol. The van der Waals surface area contributed by atoms with Gasteiger partial charge in [0.2, 0.25) is 0 Å². The van der Waals surface area contributed by atoms with E-state index in [1.54, 1.807) is 0 Å². The minimum Gasteiger partial charge on any atom is -0.352 e. The van der Waals surface area contributed by atoms with Crippen molar-refractivity contribution in [2.75, 3.05) is 20.1 Å². The predicted octanol–water partition coefficient (Wildman–Crippen LogP) is 2.01. The largest absolute Gasteiger partial charge is 0.352 e. The summed E-state index contributed by atoms with van der Waals surface area (Å²) < 4.78 is 26.6. The van der Waals surface area contributed by atoms with Gasteiger partial charge in [-0.15, -0.1) is 0 Å². The van der Waals surface area contributed by atoms with E-state index < -0.39 is 11.6 Å². The van der Waals surface area contributed by atoms with E-state index in [0.29, 0.717) is 5.96 Å². The molecule has 0 saturated heterocycles. The van der Waals surface area contributed by atoms with Crippen LogP contribution in [-0.4, -0.2) is 31.0 Å². The molecule has 1 aromatic rings. The molecule has 6 heteroatoms. The van der Waals surface area contributed by atoms with E-state index in [2.05, 4.69) is 10.3 Å². The minimum atomic E-state index is -0.619. The SMILES string of the molecule is CN1CCN=C1NCc1cc(F)c(Cl)cc1F. The van der Waals surface area contributed by atoms with Crippen molar-refractivity contribution in [3.63, 3.8) is 0 Å². The van der Waals surface area contributed by atoms with E-state index in [9.17, 15) is 8.78 Å². The lowest BCUT2D eigenvalue weighted by molar-refractivity contribution is 0.529. The van der Waals surface area contributed by atoms with Crippen LogP contribution in [0.15, 0.2) is 17.1 Å². The molecule has 2 rings (SSSR count). The maximum atomic E-state index is 13.5. The van der Waals surface area contributed by atoms with E-state index in [-0.39, 0.29) is 17.1 Å². The Morgan fingerprint density at radius 1 is 1.41 bits per heavy atom. The van der Waals surface area contributed by atoms with Crippen molar-refractivity contribution in [1.82, 2.24) is 10.2 Å². The van der Waals surface area contributed by atoms with Gasteiger partial charge in [-0.1, -0.05) is 11.6 Å². The first-order valence-corrected chi connectivity index (χ1v) is 5.58. The Hall–Kier alpha value is -1.36. The van der Waals surface area contributed by atoms with Crippen LogP contribution in [0.5, 0.6) is 0 Å². The summed E-state index contributed by atoms with van der Waals surface area (Å²) in [6.45, 7) is 1.74. The molecule has 1 aromatic carbocycles. The number of aliphatic imine (C=N–C) groups is 1. The zero-order valence-electron chi connectivity index (χ0n) is 9.30. The van der Waals surface area contributed by atoms with Crippen LogP contribution >= 0.6 is 11.6 Å². The van der Waals surface area contributed by atoms with Crippen molar-refractivity contribution >= 4 is 17.6 Å². The zero-order valence-corrected chi connectivity index (χ0v) is 10.1. The maximum absolute atomic E-state index is 13.5. The van der Waals surface area contributed by atoms with Crippen LogP contribution in [0.2, 0.25) is 5.02 Å². The minimum absolute atomic E-state index is 0.184. The van der Waals surface area contributed by atoms with Gasteiger partial charge >= 0.3 is 0 Å². The summed E-state index contributed by atoms with van der Waals surface area (Å²) in [7, 11) is 1.89. The smallest absolute Gasteiger partial charge is 0.194 e. The number of hydrogen-bond donors (Lipinski definition) is 1. The molecule has 17 heavy (non-hydrogen) atoms. The number of hydrogen-bond acceptors (Lipinski definition) is 3.